The molecule has 0 aliphatic rings. The number of carbonyl (C=O) groups is 3. The molecule has 8 heteroatoms. The predicted molar refractivity (Wildman–Crippen MR) is 106 cm³/mol. The fourth-order valence-electron chi connectivity index (χ4n) is 2.80. The molecule has 2 aromatic carbocycles. The molecule has 3 aromatic rings. The largest absolute Gasteiger partial charge is 0.492 e. The van der Waals surface area contributed by atoms with Crippen molar-refractivity contribution in [3.8, 4) is 11.4 Å². The number of carboxylic acid groups (broad SMARTS) is 1. The number of hydrogen-bond acceptors (Lipinski definition) is 5. The van der Waals surface area contributed by atoms with Crippen molar-refractivity contribution >= 4 is 23.3 Å². The van der Waals surface area contributed by atoms with Gasteiger partial charge in [-0.2, -0.15) is 0 Å². The SMILES string of the molecule is CCOc1ccc(C(C)=O)cc1NC(=O)c1cc(C(=O)O)ccc1-n1ccnc1. The summed E-state index contributed by atoms with van der Waals surface area (Å²) in [7, 11) is 0. The van der Waals surface area contributed by atoms with Crippen molar-refractivity contribution in [1.82, 2.24) is 9.55 Å². The second kappa shape index (κ2) is 8.39. The topological polar surface area (TPSA) is 111 Å². The molecule has 2 N–H and O–H groups in total. The number of aromatic carboxylic acids is 1. The number of ketones is 1. The minimum absolute atomic E-state index is 0.0264. The highest BCUT2D eigenvalue weighted by atomic mass is 16.5. The minimum Gasteiger partial charge on any atom is -0.492 e. The first kappa shape index (κ1) is 19.8. The first-order chi connectivity index (χ1) is 13.9. The molecule has 0 spiro atoms. The number of imidazole rings is 1. The van der Waals surface area contributed by atoms with Crippen LogP contribution in [0.15, 0.2) is 55.1 Å². The zero-order chi connectivity index (χ0) is 21.0. The van der Waals surface area contributed by atoms with Crippen molar-refractivity contribution in [3.63, 3.8) is 0 Å². The number of anilines is 1. The summed E-state index contributed by atoms with van der Waals surface area (Å²) >= 11 is 0. The number of carbonyl (C=O) groups excluding carboxylic acids is 2. The molecule has 0 saturated carbocycles. The Hall–Kier alpha value is -3.94. The van der Waals surface area contributed by atoms with Crippen molar-refractivity contribution in [2.45, 2.75) is 13.8 Å². The number of amides is 1. The number of nitrogens with one attached hydrogen (secondary N) is 1. The molecule has 29 heavy (non-hydrogen) atoms. The van der Waals surface area contributed by atoms with Crippen molar-refractivity contribution in [3.05, 3.63) is 71.8 Å². The maximum Gasteiger partial charge on any atom is 0.335 e. The van der Waals surface area contributed by atoms with E-state index in [1.54, 1.807) is 36.0 Å². The van der Waals surface area contributed by atoms with Gasteiger partial charge in [-0.15, -0.1) is 0 Å². The van der Waals surface area contributed by atoms with E-state index in [1.807, 2.05) is 0 Å². The maximum atomic E-state index is 13.1. The monoisotopic (exact) mass is 393 g/mol. The number of ether oxygens (including phenoxy) is 1. The highest BCUT2D eigenvalue weighted by Gasteiger charge is 2.18. The molecule has 0 atom stereocenters. The summed E-state index contributed by atoms with van der Waals surface area (Å²) in [4.78, 5) is 40.1. The first-order valence-corrected chi connectivity index (χ1v) is 8.85. The molecule has 0 unspecified atom stereocenters. The number of rotatable bonds is 7. The number of nitrogens with zero attached hydrogens (tertiary/aromatic N) is 2. The van der Waals surface area contributed by atoms with E-state index in [4.69, 9.17) is 4.74 Å². The van der Waals surface area contributed by atoms with Gasteiger partial charge in [0.25, 0.3) is 5.91 Å². The highest BCUT2D eigenvalue weighted by Crippen LogP contribution is 2.28. The normalized spacial score (nSPS) is 10.4. The smallest absolute Gasteiger partial charge is 0.335 e. The van der Waals surface area contributed by atoms with Gasteiger partial charge in [0.1, 0.15) is 5.75 Å². The van der Waals surface area contributed by atoms with Gasteiger partial charge in [0.2, 0.25) is 0 Å². The Morgan fingerprint density at radius 2 is 1.90 bits per heavy atom. The number of Topliss-reactive ketones (excluding diaryl/α,β-unsaturated/α-hetero) is 1. The number of aromatic nitrogens is 2. The molecule has 0 aliphatic heterocycles. The zero-order valence-electron chi connectivity index (χ0n) is 15.9. The Morgan fingerprint density at radius 3 is 2.52 bits per heavy atom. The van der Waals surface area contributed by atoms with Crippen LogP contribution in [-0.2, 0) is 0 Å². The molecule has 0 saturated heterocycles. The molecule has 3 rings (SSSR count). The lowest BCUT2D eigenvalue weighted by molar-refractivity contribution is 0.0696. The summed E-state index contributed by atoms with van der Waals surface area (Å²) in [6.45, 7) is 3.60. The third-order valence-corrected chi connectivity index (χ3v) is 4.20. The van der Waals surface area contributed by atoms with Crippen LogP contribution in [0.5, 0.6) is 5.75 Å². The standard InChI is InChI=1S/C21H19N3O5/c1-3-29-19-7-5-14(13(2)25)11-17(19)23-20(26)16-10-15(21(27)28)4-6-18(16)24-9-8-22-12-24/h4-12H,3H2,1-2H3,(H,23,26)(H,27,28). The van der Waals surface area contributed by atoms with Crippen molar-refractivity contribution < 1.29 is 24.2 Å². The molecule has 0 aliphatic carbocycles. The quantitative estimate of drug-likeness (QED) is 0.595. The lowest BCUT2D eigenvalue weighted by Gasteiger charge is -2.15. The Bertz CT molecular complexity index is 1070. The van der Waals surface area contributed by atoms with Gasteiger partial charge in [-0.05, 0) is 50.2 Å². The van der Waals surface area contributed by atoms with Gasteiger partial charge in [-0.3, -0.25) is 9.59 Å². The van der Waals surface area contributed by atoms with Gasteiger partial charge >= 0.3 is 5.97 Å². The lowest BCUT2D eigenvalue weighted by Crippen LogP contribution is -2.17. The fraction of sp³-hybridized carbons (Fsp3) is 0.143. The Labute approximate surface area is 166 Å². The second-order valence-electron chi connectivity index (χ2n) is 6.16. The summed E-state index contributed by atoms with van der Waals surface area (Å²) in [5.74, 6) is -1.44. The van der Waals surface area contributed by atoms with Gasteiger partial charge in [0, 0.05) is 18.0 Å². The highest BCUT2D eigenvalue weighted by molar-refractivity contribution is 6.09. The summed E-state index contributed by atoms with van der Waals surface area (Å²) < 4.78 is 7.14. The Kier molecular flexibility index (Phi) is 5.73. The zero-order valence-corrected chi connectivity index (χ0v) is 15.9. The summed E-state index contributed by atoms with van der Waals surface area (Å²) in [5.41, 5.74) is 1.31. The van der Waals surface area contributed by atoms with E-state index in [-0.39, 0.29) is 16.9 Å². The molecule has 148 valence electrons. The van der Waals surface area contributed by atoms with Crippen LogP contribution in [0.25, 0.3) is 5.69 Å². The average molecular weight is 393 g/mol. The van der Waals surface area contributed by atoms with Gasteiger partial charge in [0.05, 0.1) is 35.4 Å². The third kappa shape index (κ3) is 4.32. The van der Waals surface area contributed by atoms with Gasteiger partial charge in [-0.25, -0.2) is 9.78 Å². The van der Waals surface area contributed by atoms with E-state index >= 15 is 0 Å². The summed E-state index contributed by atoms with van der Waals surface area (Å²) in [6, 6.07) is 9.00. The fourth-order valence-corrected chi connectivity index (χ4v) is 2.80. The van der Waals surface area contributed by atoms with Gasteiger partial charge in [-0.1, -0.05) is 0 Å². The number of benzene rings is 2. The van der Waals surface area contributed by atoms with Crippen LogP contribution in [0.3, 0.4) is 0 Å². The summed E-state index contributed by atoms with van der Waals surface area (Å²) in [5, 5.41) is 12.0. The van der Waals surface area contributed by atoms with Gasteiger partial charge < -0.3 is 19.7 Å². The van der Waals surface area contributed by atoms with E-state index in [2.05, 4.69) is 10.3 Å². The van der Waals surface area contributed by atoms with Crippen LogP contribution >= 0.6 is 0 Å². The molecule has 0 radical (unpaired) electrons. The summed E-state index contributed by atoms with van der Waals surface area (Å²) in [6.07, 6.45) is 4.71. The third-order valence-electron chi connectivity index (χ3n) is 4.20. The van der Waals surface area contributed by atoms with Crippen LogP contribution in [0.2, 0.25) is 0 Å². The van der Waals surface area contributed by atoms with Crippen LogP contribution in [0.1, 0.15) is 44.9 Å². The molecule has 1 aromatic heterocycles. The minimum atomic E-state index is -1.15. The molecule has 0 fully saturated rings. The van der Waals surface area contributed by atoms with Gasteiger partial charge in [0.15, 0.2) is 5.78 Å². The molecular formula is C21H19N3O5. The van der Waals surface area contributed by atoms with Crippen LogP contribution in [-0.4, -0.2) is 38.9 Å². The lowest BCUT2D eigenvalue weighted by atomic mass is 10.1. The Balaban J connectivity index is 2.05. The van der Waals surface area contributed by atoms with E-state index < -0.39 is 11.9 Å². The number of hydrogen-bond donors (Lipinski definition) is 2. The van der Waals surface area contributed by atoms with Crippen LogP contribution in [0.4, 0.5) is 5.69 Å². The predicted octanol–water partition coefficient (Wildman–Crippen LogP) is 3.42. The average Bonchev–Trinajstić information content (AvgIpc) is 3.23. The van der Waals surface area contributed by atoms with Crippen molar-refractivity contribution in [2.24, 2.45) is 0 Å². The Morgan fingerprint density at radius 1 is 1.14 bits per heavy atom. The van der Waals surface area contributed by atoms with E-state index in [0.717, 1.165) is 0 Å². The molecule has 1 heterocycles. The first-order valence-electron chi connectivity index (χ1n) is 8.85. The molecule has 0 bridgehead atoms. The molecule has 8 nitrogen and oxygen atoms in total. The van der Waals surface area contributed by atoms with Crippen molar-refractivity contribution in [2.75, 3.05) is 11.9 Å². The van der Waals surface area contributed by atoms with E-state index in [1.165, 1.54) is 37.5 Å². The molecule has 1 amide bonds. The number of carboxylic acids is 1. The maximum absolute atomic E-state index is 13.1. The van der Waals surface area contributed by atoms with E-state index in [9.17, 15) is 19.5 Å². The van der Waals surface area contributed by atoms with E-state index in [0.29, 0.717) is 29.3 Å². The van der Waals surface area contributed by atoms with Crippen LogP contribution in [0, 0.1) is 0 Å². The van der Waals surface area contributed by atoms with Crippen LogP contribution < -0.4 is 10.1 Å². The van der Waals surface area contributed by atoms with Crippen molar-refractivity contribution in [1.29, 1.82) is 0 Å². The molecular weight excluding hydrogens is 374 g/mol. The second-order valence-corrected chi connectivity index (χ2v) is 6.16.